The van der Waals surface area contributed by atoms with Crippen molar-refractivity contribution in [2.45, 2.75) is 32.6 Å². The molecular formula is C7H15NO. The monoisotopic (exact) mass is 129 g/mol. The van der Waals surface area contributed by atoms with E-state index in [1.807, 2.05) is 13.8 Å². The van der Waals surface area contributed by atoms with Crippen LogP contribution in [0, 0.1) is 0 Å². The fourth-order valence-corrected chi connectivity index (χ4v) is 0.527. The van der Waals surface area contributed by atoms with Gasteiger partial charge in [0.1, 0.15) is 6.23 Å². The molecule has 0 spiro atoms. The van der Waals surface area contributed by atoms with Crippen LogP contribution in [0.4, 0.5) is 0 Å². The van der Waals surface area contributed by atoms with Crippen LogP contribution in [-0.2, 0) is 4.74 Å². The molecule has 0 bridgehead atoms. The quantitative estimate of drug-likeness (QED) is 0.460. The van der Waals surface area contributed by atoms with Gasteiger partial charge < -0.3 is 10.5 Å². The van der Waals surface area contributed by atoms with E-state index < -0.39 is 0 Å². The molecule has 0 aromatic heterocycles. The lowest BCUT2D eigenvalue weighted by atomic mass is 10.1. The Morgan fingerprint density at radius 3 is 2.22 bits per heavy atom. The molecule has 0 saturated carbocycles. The van der Waals surface area contributed by atoms with Gasteiger partial charge in [-0.3, -0.25) is 0 Å². The minimum absolute atomic E-state index is 0.224. The molecule has 0 aliphatic rings. The zero-order chi connectivity index (χ0) is 7.49. The molecule has 0 amide bonds. The lowest BCUT2D eigenvalue weighted by Gasteiger charge is -2.23. The molecule has 0 radical (unpaired) electrons. The van der Waals surface area contributed by atoms with Crippen molar-refractivity contribution in [2.24, 2.45) is 5.73 Å². The molecule has 0 saturated heterocycles. The zero-order valence-electron chi connectivity index (χ0n) is 6.35. The van der Waals surface area contributed by atoms with Crippen molar-refractivity contribution in [3.8, 4) is 0 Å². The second kappa shape index (κ2) is 2.99. The van der Waals surface area contributed by atoms with Gasteiger partial charge in [-0.05, 0) is 20.8 Å². The van der Waals surface area contributed by atoms with Crippen molar-refractivity contribution in [3.05, 3.63) is 12.7 Å². The summed E-state index contributed by atoms with van der Waals surface area (Å²) in [6.07, 6.45) is 1.51. The van der Waals surface area contributed by atoms with Gasteiger partial charge in [0, 0.05) is 0 Å². The molecular weight excluding hydrogens is 114 g/mol. The summed E-state index contributed by atoms with van der Waals surface area (Å²) in [6.45, 7) is 9.24. The SMILES string of the molecule is C=CC(C)(C)OC(C)N. The molecule has 0 aromatic rings. The third-order valence-electron chi connectivity index (χ3n) is 0.981. The molecule has 0 aliphatic heterocycles. The van der Waals surface area contributed by atoms with Crippen molar-refractivity contribution in [3.63, 3.8) is 0 Å². The lowest BCUT2D eigenvalue weighted by Crippen LogP contribution is -2.31. The Morgan fingerprint density at radius 2 is 2.11 bits per heavy atom. The smallest absolute Gasteiger partial charge is 0.103 e. The molecule has 0 rings (SSSR count). The maximum absolute atomic E-state index is 5.38. The molecule has 2 nitrogen and oxygen atoms in total. The molecule has 9 heavy (non-hydrogen) atoms. The lowest BCUT2D eigenvalue weighted by molar-refractivity contribution is -0.0283. The van der Waals surface area contributed by atoms with E-state index in [4.69, 9.17) is 10.5 Å². The van der Waals surface area contributed by atoms with Crippen LogP contribution in [0.3, 0.4) is 0 Å². The van der Waals surface area contributed by atoms with E-state index >= 15 is 0 Å². The average Bonchev–Trinajstić information content (AvgIpc) is 1.63. The first kappa shape index (κ1) is 8.66. The highest BCUT2D eigenvalue weighted by Crippen LogP contribution is 2.10. The largest absolute Gasteiger partial charge is 0.354 e. The summed E-state index contributed by atoms with van der Waals surface area (Å²) >= 11 is 0. The van der Waals surface area contributed by atoms with Crippen LogP contribution in [0.2, 0.25) is 0 Å². The van der Waals surface area contributed by atoms with Crippen molar-refractivity contribution < 1.29 is 4.74 Å². The van der Waals surface area contributed by atoms with Crippen molar-refractivity contribution in [1.82, 2.24) is 0 Å². The number of hydrogen-bond donors (Lipinski definition) is 1. The van der Waals surface area contributed by atoms with Crippen molar-refractivity contribution >= 4 is 0 Å². The van der Waals surface area contributed by atoms with Gasteiger partial charge in [-0.1, -0.05) is 6.08 Å². The Bertz CT molecular complexity index is 97.1. The topological polar surface area (TPSA) is 35.2 Å². The van der Waals surface area contributed by atoms with E-state index in [-0.39, 0.29) is 11.8 Å². The summed E-state index contributed by atoms with van der Waals surface area (Å²) < 4.78 is 5.25. The predicted molar refractivity (Wildman–Crippen MR) is 39.0 cm³/mol. The summed E-state index contributed by atoms with van der Waals surface area (Å²) in [5, 5.41) is 0. The summed E-state index contributed by atoms with van der Waals surface area (Å²) in [7, 11) is 0. The van der Waals surface area contributed by atoms with Crippen molar-refractivity contribution in [2.75, 3.05) is 0 Å². The first-order chi connectivity index (χ1) is 3.98. The highest BCUT2D eigenvalue weighted by Gasteiger charge is 2.14. The fraction of sp³-hybridized carbons (Fsp3) is 0.714. The summed E-state index contributed by atoms with van der Waals surface area (Å²) in [4.78, 5) is 0. The van der Waals surface area contributed by atoms with Gasteiger partial charge in [-0.25, -0.2) is 0 Å². The second-order valence-electron chi connectivity index (χ2n) is 2.63. The van der Waals surface area contributed by atoms with Crippen molar-refractivity contribution in [1.29, 1.82) is 0 Å². The van der Waals surface area contributed by atoms with Crippen LogP contribution >= 0.6 is 0 Å². The van der Waals surface area contributed by atoms with E-state index in [0.29, 0.717) is 0 Å². The maximum Gasteiger partial charge on any atom is 0.103 e. The Hall–Kier alpha value is -0.340. The molecule has 0 aliphatic carbocycles. The highest BCUT2D eigenvalue weighted by molar-refractivity contribution is 4.89. The maximum atomic E-state index is 5.38. The number of nitrogens with two attached hydrogens (primary N) is 1. The first-order valence-electron chi connectivity index (χ1n) is 3.05. The Labute approximate surface area is 56.7 Å². The molecule has 0 aromatic carbocycles. The minimum Gasteiger partial charge on any atom is -0.354 e. The van der Waals surface area contributed by atoms with E-state index in [1.165, 1.54) is 0 Å². The van der Waals surface area contributed by atoms with Crippen LogP contribution in [0.15, 0.2) is 12.7 Å². The van der Waals surface area contributed by atoms with Gasteiger partial charge in [-0.15, -0.1) is 6.58 Å². The standard InChI is InChI=1S/C7H15NO/c1-5-7(3,4)9-6(2)8/h5-6H,1,8H2,2-4H3. The molecule has 1 unspecified atom stereocenters. The van der Waals surface area contributed by atoms with E-state index in [9.17, 15) is 0 Å². The number of hydrogen-bond acceptors (Lipinski definition) is 2. The summed E-state index contributed by atoms with van der Waals surface area (Å²) in [6, 6.07) is 0. The predicted octanol–water partition coefficient (Wildman–Crippen LogP) is 1.27. The summed E-state index contributed by atoms with van der Waals surface area (Å²) in [5.41, 5.74) is 5.09. The highest BCUT2D eigenvalue weighted by atomic mass is 16.5. The van der Waals surface area contributed by atoms with E-state index in [0.717, 1.165) is 0 Å². The van der Waals surface area contributed by atoms with Gasteiger partial charge in [0.2, 0.25) is 0 Å². The minimum atomic E-state index is -0.297. The number of rotatable bonds is 3. The Kier molecular flexibility index (Phi) is 2.88. The molecule has 0 heterocycles. The van der Waals surface area contributed by atoms with Crippen LogP contribution in [0.5, 0.6) is 0 Å². The third kappa shape index (κ3) is 4.18. The zero-order valence-corrected chi connectivity index (χ0v) is 6.35. The van der Waals surface area contributed by atoms with Crippen LogP contribution in [0.25, 0.3) is 0 Å². The third-order valence-corrected chi connectivity index (χ3v) is 0.981. The molecule has 2 heteroatoms. The number of ether oxygens (including phenoxy) is 1. The molecule has 2 N–H and O–H groups in total. The van der Waals surface area contributed by atoms with Gasteiger partial charge in [0.15, 0.2) is 0 Å². The van der Waals surface area contributed by atoms with E-state index in [1.54, 1.807) is 13.0 Å². The van der Waals surface area contributed by atoms with Crippen LogP contribution in [0.1, 0.15) is 20.8 Å². The molecule has 1 atom stereocenters. The summed E-state index contributed by atoms with van der Waals surface area (Å²) in [5.74, 6) is 0. The molecule has 54 valence electrons. The van der Waals surface area contributed by atoms with Gasteiger partial charge in [0.25, 0.3) is 0 Å². The Balaban J connectivity index is 3.71. The van der Waals surface area contributed by atoms with E-state index in [2.05, 4.69) is 6.58 Å². The first-order valence-corrected chi connectivity index (χ1v) is 3.05. The Morgan fingerprint density at radius 1 is 1.67 bits per heavy atom. The van der Waals surface area contributed by atoms with Crippen LogP contribution < -0.4 is 5.73 Å². The van der Waals surface area contributed by atoms with Gasteiger partial charge >= 0.3 is 0 Å². The fourth-order valence-electron chi connectivity index (χ4n) is 0.527. The van der Waals surface area contributed by atoms with Gasteiger partial charge in [-0.2, -0.15) is 0 Å². The molecule has 0 fully saturated rings. The average molecular weight is 129 g/mol. The normalized spacial score (nSPS) is 15.1. The van der Waals surface area contributed by atoms with Crippen LogP contribution in [-0.4, -0.2) is 11.8 Å². The van der Waals surface area contributed by atoms with Gasteiger partial charge in [0.05, 0.1) is 5.60 Å². The second-order valence-corrected chi connectivity index (χ2v) is 2.63.